The van der Waals surface area contributed by atoms with E-state index in [0.717, 1.165) is 11.3 Å². The first kappa shape index (κ1) is 20.9. The smallest absolute Gasteiger partial charge is 0.273 e. The van der Waals surface area contributed by atoms with Crippen LogP contribution in [0.15, 0.2) is 53.0 Å². The van der Waals surface area contributed by atoms with Crippen LogP contribution < -0.4 is 15.4 Å². The van der Waals surface area contributed by atoms with Gasteiger partial charge in [-0.05, 0) is 52.7 Å². The molecule has 0 saturated carbocycles. The number of nitrogens with one attached hydrogen (secondary N) is 3. The second-order valence-electron chi connectivity index (χ2n) is 6.16. The van der Waals surface area contributed by atoms with Crippen molar-refractivity contribution >= 4 is 45.2 Å². The molecule has 1 aromatic heterocycles. The van der Waals surface area contributed by atoms with E-state index >= 15 is 0 Å². The normalized spacial score (nSPS) is 11.6. The van der Waals surface area contributed by atoms with Gasteiger partial charge in [-0.3, -0.25) is 14.7 Å². The molecule has 29 heavy (non-hydrogen) atoms. The number of methoxy groups -OCH3 is 1. The first-order valence-corrected chi connectivity index (χ1v) is 9.82. The number of carbonyl (C=O) groups is 2. The largest absolute Gasteiger partial charge is 0.497 e. The predicted octanol–water partition coefficient (Wildman–Crippen LogP) is 4.58. The number of hydrogen-bond donors (Lipinski definition) is 3. The fourth-order valence-electron chi connectivity index (χ4n) is 2.63. The first-order chi connectivity index (χ1) is 13.9. The van der Waals surface area contributed by atoms with Crippen LogP contribution in [-0.4, -0.2) is 29.1 Å². The van der Waals surface area contributed by atoms with Crippen molar-refractivity contribution in [2.24, 2.45) is 0 Å². The second kappa shape index (κ2) is 9.11. The van der Waals surface area contributed by atoms with Crippen LogP contribution in [0.3, 0.4) is 0 Å². The summed E-state index contributed by atoms with van der Waals surface area (Å²) in [5.74, 6) is 0.187. The third kappa shape index (κ3) is 4.78. The third-order valence-electron chi connectivity index (χ3n) is 4.24. The van der Waals surface area contributed by atoms with Crippen LogP contribution in [0.25, 0.3) is 0 Å². The molecular weight excluding hydrogens is 460 g/mol. The highest BCUT2D eigenvalue weighted by molar-refractivity contribution is 9.10. The van der Waals surface area contributed by atoms with Crippen LogP contribution in [0, 0.1) is 0 Å². The number of benzene rings is 2. The van der Waals surface area contributed by atoms with E-state index in [-0.39, 0.29) is 17.6 Å². The van der Waals surface area contributed by atoms with Crippen molar-refractivity contribution < 1.29 is 14.3 Å². The van der Waals surface area contributed by atoms with Gasteiger partial charge in [0.1, 0.15) is 11.6 Å². The Morgan fingerprint density at radius 1 is 1.14 bits per heavy atom. The van der Waals surface area contributed by atoms with Gasteiger partial charge in [0.05, 0.1) is 28.2 Å². The molecule has 0 bridgehead atoms. The number of amides is 2. The first-order valence-electron chi connectivity index (χ1n) is 8.65. The maximum Gasteiger partial charge on any atom is 0.273 e. The maximum atomic E-state index is 12.6. The molecule has 1 atom stereocenters. The summed E-state index contributed by atoms with van der Waals surface area (Å²) in [4.78, 5) is 25.0. The maximum absolute atomic E-state index is 12.6. The van der Waals surface area contributed by atoms with Crippen molar-refractivity contribution in [3.05, 3.63) is 74.8 Å². The van der Waals surface area contributed by atoms with Crippen LogP contribution in [0.5, 0.6) is 5.75 Å². The fourth-order valence-corrected chi connectivity index (χ4v) is 3.31. The number of aromatic amines is 1. The second-order valence-corrected chi connectivity index (χ2v) is 7.36. The van der Waals surface area contributed by atoms with Crippen LogP contribution in [0.1, 0.15) is 39.4 Å². The SMILES string of the molecule is COc1ccc([C@@H](C)NC(=O)c2n[nH]c(NC(=O)c3ccccc3Cl)c2Br)cc1. The van der Waals surface area contributed by atoms with E-state index in [1.165, 1.54) is 0 Å². The summed E-state index contributed by atoms with van der Waals surface area (Å²) in [5.41, 5.74) is 1.35. The van der Waals surface area contributed by atoms with Crippen LogP contribution >= 0.6 is 27.5 Å². The van der Waals surface area contributed by atoms with Crippen molar-refractivity contribution in [1.29, 1.82) is 0 Å². The lowest BCUT2D eigenvalue weighted by Gasteiger charge is -2.14. The summed E-state index contributed by atoms with van der Waals surface area (Å²) < 4.78 is 5.48. The molecule has 0 aliphatic heterocycles. The van der Waals surface area contributed by atoms with Crippen molar-refractivity contribution in [3.63, 3.8) is 0 Å². The Morgan fingerprint density at radius 3 is 2.48 bits per heavy atom. The van der Waals surface area contributed by atoms with Crippen molar-refractivity contribution in [1.82, 2.24) is 15.5 Å². The molecule has 3 aromatic rings. The number of rotatable bonds is 6. The molecule has 9 heteroatoms. The molecule has 7 nitrogen and oxygen atoms in total. The highest BCUT2D eigenvalue weighted by Crippen LogP contribution is 2.26. The average Bonchev–Trinajstić information content (AvgIpc) is 3.08. The topological polar surface area (TPSA) is 96.1 Å². The van der Waals surface area contributed by atoms with Gasteiger partial charge in [0.2, 0.25) is 0 Å². The summed E-state index contributed by atoms with van der Waals surface area (Å²) in [6.45, 7) is 1.86. The van der Waals surface area contributed by atoms with E-state index < -0.39 is 11.8 Å². The molecule has 2 aromatic carbocycles. The Labute approximate surface area is 180 Å². The van der Waals surface area contributed by atoms with E-state index in [1.54, 1.807) is 31.4 Å². The minimum Gasteiger partial charge on any atom is -0.497 e. The van der Waals surface area contributed by atoms with Gasteiger partial charge in [-0.15, -0.1) is 0 Å². The summed E-state index contributed by atoms with van der Waals surface area (Å²) in [6.07, 6.45) is 0. The molecule has 0 radical (unpaired) electrons. The van der Waals surface area contributed by atoms with Gasteiger partial charge in [-0.1, -0.05) is 35.9 Å². The molecule has 1 heterocycles. The summed E-state index contributed by atoms with van der Waals surface area (Å²) in [5, 5.41) is 12.5. The summed E-state index contributed by atoms with van der Waals surface area (Å²) in [7, 11) is 1.59. The molecule has 0 spiro atoms. The van der Waals surface area contributed by atoms with Crippen LogP contribution in [0.4, 0.5) is 5.82 Å². The van der Waals surface area contributed by atoms with E-state index in [1.807, 2.05) is 31.2 Å². The Hall–Kier alpha value is -2.84. The minimum atomic E-state index is -0.418. The van der Waals surface area contributed by atoms with Gasteiger partial charge in [-0.25, -0.2) is 0 Å². The molecular formula is C20H18BrClN4O3. The van der Waals surface area contributed by atoms with Gasteiger partial charge in [0, 0.05) is 0 Å². The van der Waals surface area contributed by atoms with Crippen molar-refractivity contribution in [2.75, 3.05) is 12.4 Å². The number of nitrogens with zero attached hydrogens (tertiary/aromatic N) is 1. The number of anilines is 1. The van der Waals surface area contributed by atoms with E-state index in [4.69, 9.17) is 16.3 Å². The Balaban J connectivity index is 1.70. The zero-order chi connectivity index (χ0) is 21.0. The van der Waals surface area contributed by atoms with Crippen LogP contribution in [0.2, 0.25) is 5.02 Å². The minimum absolute atomic E-state index is 0.125. The van der Waals surface area contributed by atoms with Crippen LogP contribution in [-0.2, 0) is 0 Å². The monoisotopic (exact) mass is 476 g/mol. The fraction of sp³-hybridized carbons (Fsp3) is 0.150. The van der Waals surface area contributed by atoms with Gasteiger partial charge < -0.3 is 15.4 Å². The molecule has 3 N–H and O–H groups in total. The number of hydrogen-bond acceptors (Lipinski definition) is 4. The molecule has 0 saturated heterocycles. The molecule has 0 aliphatic rings. The van der Waals surface area contributed by atoms with Gasteiger partial charge >= 0.3 is 0 Å². The molecule has 0 fully saturated rings. The lowest BCUT2D eigenvalue weighted by Crippen LogP contribution is -2.27. The Bertz CT molecular complexity index is 1040. The lowest BCUT2D eigenvalue weighted by molar-refractivity contribution is 0.0933. The number of H-pyrrole nitrogens is 1. The summed E-state index contributed by atoms with van der Waals surface area (Å²) in [6, 6.07) is 13.8. The Morgan fingerprint density at radius 2 is 1.83 bits per heavy atom. The van der Waals surface area contributed by atoms with Gasteiger partial charge in [0.15, 0.2) is 5.69 Å². The van der Waals surface area contributed by atoms with Crippen molar-refractivity contribution in [3.8, 4) is 5.75 Å². The Kier molecular flexibility index (Phi) is 6.56. The van der Waals surface area contributed by atoms with E-state index in [2.05, 4.69) is 36.8 Å². The highest BCUT2D eigenvalue weighted by atomic mass is 79.9. The zero-order valence-electron chi connectivity index (χ0n) is 15.6. The molecule has 0 aliphatic carbocycles. The molecule has 3 rings (SSSR count). The van der Waals surface area contributed by atoms with Gasteiger partial charge in [0.25, 0.3) is 11.8 Å². The summed E-state index contributed by atoms with van der Waals surface area (Å²) >= 11 is 9.36. The van der Waals surface area contributed by atoms with Crippen molar-refractivity contribution in [2.45, 2.75) is 13.0 Å². The molecule has 150 valence electrons. The third-order valence-corrected chi connectivity index (χ3v) is 5.34. The highest BCUT2D eigenvalue weighted by Gasteiger charge is 2.21. The van der Waals surface area contributed by atoms with E-state index in [0.29, 0.717) is 15.1 Å². The predicted molar refractivity (Wildman–Crippen MR) is 115 cm³/mol. The van der Waals surface area contributed by atoms with E-state index in [9.17, 15) is 9.59 Å². The number of aromatic nitrogens is 2. The number of carbonyl (C=O) groups excluding carboxylic acids is 2. The molecule has 0 unspecified atom stereocenters. The number of ether oxygens (including phenoxy) is 1. The lowest BCUT2D eigenvalue weighted by atomic mass is 10.1. The molecule has 2 amide bonds. The zero-order valence-corrected chi connectivity index (χ0v) is 18.0. The average molecular weight is 478 g/mol. The number of halogens is 2. The van der Waals surface area contributed by atoms with Gasteiger partial charge in [-0.2, -0.15) is 5.10 Å². The standard InChI is InChI=1S/C20H18BrClN4O3/c1-11(12-7-9-13(29-2)10-8-12)23-20(28)17-16(21)18(26-25-17)24-19(27)14-5-3-4-6-15(14)22/h3-11H,1-2H3,(H,23,28)(H2,24,25,26,27)/t11-/m1/s1. The quantitative estimate of drug-likeness (QED) is 0.484.